The van der Waals surface area contributed by atoms with Crippen LogP contribution in [0.4, 0.5) is 8.78 Å². The number of methoxy groups -OCH3 is 2. The standard InChI is InChI=1S/C26H27F2NO5S/c1-5-34-18(2)21-14-24(27)26(25(28)15-21)35(30,31)29(16-19-6-10-22(32-3)11-7-19)17-20-8-12-23(33-4)13-9-20/h6-15H,2,5,16-17H2,1,3-4H3. The van der Waals surface area contributed by atoms with Crippen molar-refractivity contribution in [2.24, 2.45) is 0 Å². The molecule has 0 amide bonds. The third-order valence-corrected chi connectivity index (χ3v) is 7.12. The van der Waals surface area contributed by atoms with Gasteiger partial charge in [-0.2, -0.15) is 4.31 Å². The Hall–Kier alpha value is -3.43. The second-order valence-corrected chi connectivity index (χ2v) is 9.47. The Balaban J connectivity index is 2.03. The van der Waals surface area contributed by atoms with Crippen LogP contribution in [0.3, 0.4) is 0 Å². The summed E-state index contributed by atoms with van der Waals surface area (Å²) in [6.07, 6.45) is 0. The smallest absolute Gasteiger partial charge is 0.249 e. The normalized spacial score (nSPS) is 11.4. The average Bonchev–Trinajstić information content (AvgIpc) is 2.84. The summed E-state index contributed by atoms with van der Waals surface area (Å²) >= 11 is 0. The molecule has 0 atom stereocenters. The first kappa shape index (κ1) is 26.2. The van der Waals surface area contributed by atoms with Gasteiger partial charge in [0.2, 0.25) is 10.0 Å². The van der Waals surface area contributed by atoms with Gasteiger partial charge >= 0.3 is 0 Å². The lowest BCUT2D eigenvalue weighted by molar-refractivity contribution is 0.298. The van der Waals surface area contributed by atoms with E-state index < -0.39 is 26.6 Å². The predicted molar refractivity (Wildman–Crippen MR) is 129 cm³/mol. The molecule has 0 aromatic heterocycles. The van der Waals surface area contributed by atoms with Crippen LogP contribution in [0.15, 0.2) is 72.1 Å². The van der Waals surface area contributed by atoms with E-state index in [4.69, 9.17) is 14.2 Å². The van der Waals surface area contributed by atoms with Crippen molar-refractivity contribution in [2.45, 2.75) is 24.9 Å². The molecule has 0 aliphatic carbocycles. The highest BCUT2D eigenvalue weighted by Gasteiger charge is 2.32. The van der Waals surface area contributed by atoms with Crippen molar-refractivity contribution < 1.29 is 31.4 Å². The first-order valence-electron chi connectivity index (χ1n) is 10.8. The van der Waals surface area contributed by atoms with Crippen LogP contribution in [0.5, 0.6) is 11.5 Å². The zero-order chi connectivity index (χ0) is 25.6. The molecule has 0 N–H and O–H groups in total. The van der Waals surface area contributed by atoms with E-state index in [0.717, 1.165) is 16.4 Å². The van der Waals surface area contributed by atoms with Crippen LogP contribution in [-0.4, -0.2) is 33.5 Å². The lowest BCUT2D eigenvalue weighted by Crippen LogP contribution is -2.31. The molecule has 0 fully saturated rings. The van der Waals surface area contributed by atoms with Gasteiger partial charge in [0.05, 0.1) is 20.8 Å². The Labute approximate surface area is 204 Å². The minimum absolute atomic E-state index is 0.0256. The largest absolute Gasteiger partial charge is 0.497 e. The van der Waals surface area contributed by atoms with Gasteiger partial charge in [-0.15, -0.1) is 0 Å². The third kappa shape index (κ3) is 6.17. The molecule has 0 bridgehead atoms. The van der Waals surface area contributed by atoms with Crippen molar-refractivity contribution in [3.8, 4) is 11.5 Å². The molecule has 0 saturated carbocycles. The van der Waals surface area contributed by atoms with Gasteiger partial charge in [0, 0.05) is 18.7 Å². The molecule has 3 aromatic rings. The SMILES string of the molecule is C=C(OCC)c1cc(F)c(S(=O)(=O)N(Cc2ccc(OC)cc2)Cc2ccc(OC)cc2)c(F)c1. The van der Waals surface area contributed by atoms with Gasteiger partial charge in [0.15, 0.2) is 4.90 Å². The highest BCUT2D eigenvalue weighted by atomic mass is 32.2. The summed E-state index contributed by atoms with van der Waals surface area (Å²) in [6.45, 7) is 5.34. The van der Waals surface area contributed by atoms with Crippen LogP contribution in [0.25, 0.3) is 5.76 Å². The van der Waals surface area contributed by atoms with Crippen LogP contribution in [0, 0.1) is 11.6 Å². The van der Waals surface area contributed by atoms with Gasteiger partial charge in [0.25, 0.3) is 0 Å². The molecule has 0 aliphatic rings. The Morgan fingerprint density at radius 1 is 0.857 bits per heavy atom. The molecule has 0 heterocycles. The number of nitrogens with zero attached hydrogens (tertiary/aromatic N) is 1. The van der Waals surface area contributed by atoms with E-state index in [9.17, 15) is 8.42 Å². The van der Waals surface area contributed by atoms with Crippen molar-refractivity contribution in [2.75, 3.05) is 20.8 Å². The van der Waals surface area contributed by atoms with Crippen LogP contribution in [0.2, 0.25) is 0 Å². The second-order valence-electron chi connectivity index (χ2n) is 7.59. The fourth-order valence-electron chi connectivity index (χ4n) is 3.45. The zero-order valence-corrected chi connectivity index (χ0v) is 20.6. The molecule has 35 heavy (non-hydrogen) atoms. The molecule has 6 nitrogen and oxygen atoms in total. The first-order chi connectivity index (χ1) is 16.7. The van der Waals surface area contributed by atoms with E-state index in [-0.39, 0.29) is 31.0 Å². The first-order valence-corrected chi connectivity index (χ1v) is 12.2. The Morgan fingerprint density at radius 2 is 1.29 bits per heavy atom. The highest BCUT2D eigenvalue weighted by Crippen LogP contribution is 2.29. The summed E-state index contributed by atoms with van der Waals surface area (Å²) in [4.78, 5) is -1.03. The molecule has 0 aliphatic heterocycles. The Morgan fingerprint density at radius 3 is 1.66 bits per heavy atom. The third-order valence-electron chi connectivity index (χ3n) is 5.27. The van der Waals surface area contributed by atoms with Gasteiger partial charge < -0.3 is 14.2 Å². The number of ether oxygens (including phenoxy) is 3. The monoisotopic (exact) mass is 503 g/mol. The van der Waals surface area contributed by atoms with Gasteiger partial charge in [-0.1, -0.05) is 30.8 Å². The molecule has 3 rings (SSSR count). The lowest BCUT2D eigenvalue weighted by atomic mass is 10.2. The minimum Gasteiger partial charge on any atom is -0.497 e. The number of rotatable bonds is 11. The molecular weight excluding hydrogens is 476 g/mol. The number of hydrogen-bond donors (Lipinski definition) is 0. The van der Waals surface area contributed by atoms with Crippen molar-refractivity contribution in [1.29, 1.82) is 0 Å². The Bertz CT molecular complexity index is 1200. The molecule has 0 spiro atoms. The van der Waals surface area contributed by atoms with Crippen LogP contribution in [0.1, 0.15) is 23.6 Å². The molecular formula is C26H27F2NO5S. The number of halogens is 2. The number of sulfonamides is 1. The lowest BCUT2D eigenvalue weighted by Gasteiger charge is -2.23. The van der Waals surface area contributed by atoms with Gasteiger partial charge in [-0.05, 0) is 54.4 Å². The van der Waals surface area contributed by atoms with Gasteiger partial charge in [0.1, 0.15) is 28.9 Å². The van der Waals surface area contributed by atoms with E-state index in [2.05, 4.69) is 6.58 Å². The van der Waals surface area contributed by atoms with E-state index in [1.54, 1.807) is 55.5 Å². The molecule has 9 heteroatoms. The summed E-state index contributed by atoms with van der Waals surface area (Å²) in [5, 5.41) is 0. The van der Waals surface area contributed by atoms with Gasteiger partial charge in [-0.3, -0.25) is 0 Å². The Kier molecular flexibility index (Phi) is 8.48. The molecule has 186 valence electrons. The van der Waals surface area contributed by atoms with Crippen molar-refractivity contribution in [3.63, 3.8) is 0 Å². The van der Waals surface area contributed by atoms with Crippen molar-refractivity contribution in [1.82, 2.24) is 4.31 Å². The maximum atomic E-state index is 15.1. The second kappa shape index (κ2) is 11.3. The van der Waals surface area contributed by atoms with E-state index in [1.165, 1.54) is 14.2 Å². The zero-order valence-electron chi connectivity index (χ0n) is 19.8. The van der Waals surface area contributed by atoms with Crippen LogP contribution in [-0.2, 0) is 27.8 Å². The van der Waals surface area contributed by atoms with Crippen LogP contribution >= 0.6 is 0 Å². The highest BCUT2D eigenvalue weighted by molar-refractivity contribution is 7.89. The molecule has 3 aromatic carbocycles. The number of hydrogen-bond acceptors (Lipinski definition) is 5. The maximum Gasteiger partial charge on any atom is 0.249 e. The molecule has 0 unspecified atom stereocenters. The summed E-state index contributed by atoms with van der Waals surface area (Å²) in [6, 6.07) is 15.3. The number of benzene rings is 3. The van der Waals surface area contributed by atoms with Crippen molar-refractivity contribution >= 4 is 15.8 Å². The van der Waals surface area contributed by atoms with Gasteiger partial charge in [-0.25, -0.2) is 17.2 Å². The average molecular weight is 504 g/mol. The summed E-state index contributed by atoms with van der Waals surface area (Å²) < 4.78 is 73.8. The molecule has 0 radical (unpaired) electrons. The quantitative estimate of drug-likeness (QED) is 0.329. The topological polar surface area (TPSA) is 65.1 Å². The van der Waals surface area contributed by atoms with E-state index in [1.807, 2.05) is 0 Å². The maximum absolute atomic E-state index is 15.1. The van der Waals surface area contributed by atoms with Crippen molar-refractivity contribution in [3.05, 3.63) is 95.6 Å². The minimum atomic E-state index is -4.59. The fourth-order valence-corrected chi connectivity index (χ4v) is 4.96. The fraction of sp³-hybridized carbons (Fsp3) is 0.231. The summed E-state index contributed by atoms with van der Waals surface area (Å²) in [5.74, 6) is -1.21. The summed E-state index contributed by atoms with van der Waals surface area (Å²) in [7, 11) is -1.56. The predicted octanol–water partition coefficient (Wildman–Crippen LogP) is 5.38. The molecule has 0 saturated heterocycles. The van der Waals surface area contributed by atoms with E-state index >= 15 is 8.78 Å². The van der Waals surface area contributed by atoms with Crippen LogP contribution < -0.4 is 9.47 Å². The summed E-state index contributed by atoms with van der Waals surface area (Å²) in [5.41, 5.74) is 1.26. The van der Waals surface area contributed by atoms with E-state index in [0.29, 0.717) is 22.6 Å².